The summed E-state index contributed by atoms with van der Waals surface area (Å²) >= 11 is 8.30. The van der Waals surface area contributed by atoms with E-state index in [1.54, 1.807) is 23.5 Å². The second kappa shape index (κ2) is 10.4. The molecule has 0 bridgehead atoms. The molecule has 160 valence electrons. The highest BCUT2D eigenvalue weighted by atomic mass is 32.2. The van der Waals surface area contributed by atoms with Crippen molar-refractivity contribution in [3.8, 4) is 22.3 Å². The molecule has 0 aliphatic carbocycles. The summed E-state index contributed by atoms with van der Waals surface area (Å²) in [6.07, 6.45) is 0. The summed E-state index contributed by atoms with van der Waals surface area (Å²) < 4.78 is 0. The highest BCUT2D eigenvalue weighted by Crippen LogP contribution is 2.35. The number of thiol groups is 1. The van der Waals surface area contributed by atoms with Crippen LogP contribution < -0.4 is 0 Å². The van der Waals surface area contributed by atoms with Crippen molar-refractivity contribution < 1.29 is 0 Å². The Hall–Kier alpha value is -2.85. The first-order valence-corrected chi connectivity index (χ1v) is 12.8. The van der Waals surface area contributed by atoms with Crippen molar-refractivity contribution in [2.75, 3.05) is 0 Å². The Morgan fingerprint density at radius 3 is 1.33 bits per heavy atom. The molecule has 0 amide bonds. The first-order chi connectivity index (χ1) is 16.2. The molecule has 0 heterocycles. The van der Waals surface area contributed by atoms with Crippen LogP contribution in [0.25, 0.3) is 22.3 Å². The fourth-order valence-corrected chi connectivity index (χ4v) is 5.56. The molecule has 33 heavy (non-hydrogen) atoms. The van der Waals surface area contributed by atoms with E-state index < -0.39 is 0 Å². The minimum Gasteiger partial charge on any atom is -0.143 e. The number of hydrogen-bond donors (Lipinski definition) is 1. The molecule has 5 aromatic carbocycles. The maximum absolute atomic E-state index is 4.74. The number of hydrogen-bond acceptors (Lipinski definition) is 3. The molecular formula is C30H22S3. The molecule has 0 spiro atoms. The van der Waals surface area contributed by atoms with Gasteiger partial charge in [0.25, 0.3) is 0 Å². The molecule has 0 N–H and O–H groups in total. The summed E-state index contributed by atoms with van der Waals surface area (Å²) in [6, 6.07) is 44.9. The summed E-state index contributed by atoms with van der Waals surface area (Å²) in [5.41, 5.74) is 4.73. The average molecular weight is 479 g/mol. The van der Waals surface area contributed by atoms with Gasteiger partial charge in [0, 0.05) is 24.5 Å². The Balaban J connectivity index is 1.36. The lowest BCUT2D eigenvalue weighted by molar-refractivity contribution is 1.38. The molecule has 0 nitrogen and oxygen atoms in total. The average Bonchev–Trinajstić information content (AvgIpc) is 2.87. The Morgan fingerprint density at radius 2 is 0.818 bits per heavy atom. The molecule has 0 aromatic heterocycles. The Bertz CT molecular complexity index is 1330. The van der Waals surface area contributed by atoms with E-state index in [0.29, 0.717) is 0 Å². The van der Waals surface area contributed by atoms with Crippen LogP contribution >= 0.6 is 36.2 Å². The highest BCUT2D eigenvalue weighted by Gasteiger charge is 2.07. The van der Waals surface area contributed by atoms with Crippen molar-refractivity contribution >= 4 is 36.2 Å². The molecule has 0 saturated carbocycles. The molecule has 0 radical (unpaired) electrons. The molecule has 3 heteroatoms. The zero-order valence-corrected chi connectivity index (χ0v) is 20.4. The van der Waals surface area contributed by atoms with Gasteiger partial charge in [-0.15, -0.1) is 12.6 Å². The smallest absolute Gasteiger partial charge is 0.0122 e. The maximum atomic E-state index is 4.74. The molecule has 0 aliphatic rings. The van der Waals surface area contributed by atoms with Gasteiger partial charge in [-0.05, 0) is 82.9 Å². The lowest BCUT2D eigenvalue weighted by Crippen LogP contribution is -1.85. The zero-order chi connectivity index (χ0) is 22.5. The second-order valence-corrected chi connectivity index (χ2v) is 10.4. The summed E-state index contributed by atoms with van der Waals surface area (Å²) in [7, 11) is 0. The van der Waals surface area contributed by atoms with Crippen molar-refractivity contribution in [1.29, 1.82) is 0 Å². The first-order valence-electron chi connectivity index (χ1n) is 10.7. The Kier molecular flexibility index (Phi) is 6.92. The van der Waals surface area contributed by atoms with Gasteiger partial charge in [-0.3, -0.25) is 0 Å². The third-order valence-corrected chi connectivity index (χ3v) is 7.73. The molecule has 0 atom stereocenters. The van der Waals surface area contributed by atoms with Crippen LogP contribution in [0.5, 0.6) is 0 Å². The van der Waals surface area contributed by atoms with Crippen LogP contribution in [0.2, 0.25) is 0 Å². The first kappa shape index (κ1) is 22.0. The lowest BCUT2D eigenvalue weighted by Gasteiger charge is -2.11. The van der Waals surface area contributed by atoms with Crippen molar-refractivity contribution in [3.63, 3.8) is 0 Å². The summed E-state index contributed by atoms with van der Waals surface area (Å²) in [4.78, 5) is 5.95. The second-order valence-electron chi connectivity index (χ2n) is 7.61. The van der Waals surface area contributed by atoms with Gasteiger partial charge in [-0.1, -0.05) is 90.3 Å². The Labute approximate surface area is 209 Å². The maximum Gasteiger partial charge on any atom is 0.0122 e. The van der Waals surface area contributed by atoms with Crippen LogP contribution in [-0.4, -0.2) is 0 Å². The SMILES string of the molecule is Sc1ccc(-c2ccc(Sc3ccccc3)cc2)cc1-c1ccc(Sc2ccccc2)cc1. The molecule has 0 fully saturated rings. The van der Waals surface area contributed by atoms with Crippen LogP contribution in [0.1, 0.15) is 0 Å². The summed E-state index contributed by atoms with van der Waals surface area (Å²) in [6.45, 7) is 0. The van der Waals surface area contributed by atoms with Crippen LogP contribution in [-0.2, 0) is 0 Å². The van der Waals surface area contributed by atoms with Crippen LogP contribution in [0, 0.1) is 0 Å². The Morgan fingerprint density at radius 1 is 0.394 bits per heavy atom. The highest BCUT2D eigenvalue weighted by molar-refractivity contribution is 7.99. The molecule has 5 rings (SSSR count). The third kappa shape index (κ3) is 5.56. The molecular weight excluding hydrogens is 457 g/mol. The molecule has 0 unspecified atom stereocenters. The number of benzene rings is 5. The van der Waals surface area contributed by atoms with Gasteiger partial charge in [0.1, 0.15) is 0 Å². The minimum atomic E-state index is 0.985. The molecule has 5 aromatic rings. The van der Waals surface area contributed by atoms with E-state index in [9.17, 15) is 0 Å². The van der Waals surface area contributed by atoms with Gasteiger partial charge >= 0.3 is 0 Å². The van der Waals surface area contributed by atoms with Crippen molar-refractivity contribution in [3.05, 3.63) is 127 Å². The molecule has 0 saturated heterocycles. The van der Waals surface area contributed by atoms with Crippen molar-refractivity contribution in [2.24, 2.45) is 0 Å². The van der Waals surface area contributed by atoms with E-state index in [1.165, 1.54) is 36.3 Å². The van der Waals surface area contributed by atoms with Crippen LogP contribution in [0.15, 0.2) is 152 Å². The number of rotatable bonds is 6. The van der Waals surface area contributed by atoms with E-state index in [2.05, 4.69) is 115 Å². The van der Waals surface area contributed by atoms with Gasteiger partial charge in [0.15, 0.2) is 0 Å². The fourth-order valence-electron chi connectivity index (χ4n) is 3.61. The van der Waals surface area contributed by atoms with Gasteiger partial charge in [0.05, 0.1) is 0 Å². The van der Waals surface area contributed by atoms with Gasteiger partial charge < -0.3 is 0 Å². The normalized spacial score (nSPS) is 10.8. The topological polar surface area (TPSA) is 0 Å². The van der Waals surface area contributed by atoms with Crippen molar-refractivity contribution in [2.45, 2.75) is 24.5 Å². The predicted molar refractivity (Wildman–Crippen MR) is 146 cm³/mol. The monoisotopic (exact) mass is 478 g/mol. The third-order valence-electron chi connectivity index (χ3n) is 5.31. The van der Waals surface area contributed by atoms with E-state index in [1.807, 2.05) is 12.1 Å². The van der Waals surface area contributed by atoms with Gasteiger partial charge in [-0.25, -0.2) is 0 Å². The van der Waals surface area contributed by atoms with E-state index >= 15 is 0 Å². The quantitative estimate of drug-likeness (QED) is 0.241. The van der Waals surface area contributed by atoms with E-state index in [-0.39, 0.29) is 0 Å². The zero-order valence-electron chi connectivity index (χ0n) is 17.9. The summed E-state index contributed by atoms with van der Waals surface area (Å²) in [5, 5.41) is 0. The van der Waals surface area contributed by atoms with E-state index in [0.717, 1.165) is 10.5 Å². The van der Waals surface area contributed by atoms with Gasteiger partial charge in [0.2, 0.25) is 0 Å². The summed E-state index contributed by atoms with van der Waals surface area (Å²) in [5.74, 6) is 0. The standard InChI is InChI=1S/C30H22S3/c31-30-20-15-24(22-11-16-27(17-12-22)32-25-7-3-1-4-8-25)21-29(30)23-13-18-28(19-14-23)33-26-9-5-2-6-10-26/h1-21,31H. The minimum absolute atomic E-state index is 0.985. The molecule has 0 aliphatic heterocycles. The lowest BCUT2D eigenvalue weighted by atomic mass is 9.99. The predicted octanol–water partition coefficient (Wildman–Crippen LogP) is 9.61. The van der Waals surface area contributed by atoms with E-state index in [4.69, 9.17) is 12.6 Å². The van der Waals surface area contributed by atoms with Crippen LogP contribution in [0.4, 0.5) is 0 Å². The van der Waals surface area contributed by atoms with Crippen molar-refractivity contribution in [1.82, 2.24) is 0 Å². The fraction of sp³-hybridized carbons (Fsp3) is 0. The largest absolute Gasteiger partial charge is 0.143 e. The van der Waals surface area contributed by atoms with Gasteiger partial charge in [-0.2, -0.15) is 0 Å². The van der Waals surface area contributed by atoms with Crippen LogP contribution in [0.3, 0.4) is 0 Å².